The zero-order valence-corrected chi connectivity index (χ0v) is 26.4. The lowest BCUT2D eigenvalue weighted by Crippen LogP contribution is -2.58. The molecule has 1 fully saturated rings. The molecule has 0 bridgehead atoms. The molecular weight excluding hydrogens is 560 g/mol. The Balaban J connectivity index is 2.44. The summed E-state index contributed by atoms with van der Waals surface area (Å²) in [5.74, 6) is -0.141. The van der Waals surface area contributed by atoms with E-state index in [2.05, 4.69) is 16.2 Å². The first-order valence-electron chi connectivity index (χ1n) is 14.7. The summed E-state index contributed by atoms with van der Waals surface area (Å²) < 4.78 is 5.59. The molecule has 2 amide bonds. The Bertz CT molecular complexity index is 1100. The van der Waals surface area contributed by atoms with Crippen LogP contribution >= 0.6 is 11.3 Å². The van der Waals surface area contributed by atoms with Gasteiger partial charge in [-0.25, -0.2) is 14.8 Å². The van der Waals surface area contributed by atoms with Crippen LogP contribution in [0, 0.1) is 24.2 Å². The second-order valence-electron chi connectivity index (χ2n) is 11.2. The largest absolute Gasteiger partial charge is 0.476 e. The van der Waals surface area contributed by atoms with Gasteiger partial charge in [0.15, 0.2) is 11.8 Å². The van der Waals surface area contributed by atoms with Crippen LogP contribution in [0.15, 0.2) is 5.38 Å². The highest BCUT2D eigenvalue weighted by Gasteiger charge is 2.39. The molecule has 2 rings (SSSR count). The van der Waals surface area contributed by atoms with Gasteiger partial charge in [0, 0.05) is 25.1 Å². The maximum Gasteiger partial charge on any atom is 0.355 e. The molecule has 0 spiro atoms. The number of likely N-dealkylation sites (N-methyl/N-ethyl adjacent to an activating group) is 1. The zero-order valence-electron chi connectivity index (χ0n) is 25.6. The summed E-state index contributed by atoms with van der Waals surface area (Å²) in [6.45, 7) is 9.96. The molecule has 1 aliphatic heterocycles. The summed E-state index contributed by atoms with van der Waals surface area (Å²) in [6, 6.07) is -1.77. The number of carbonyl (C=O) groups is 4. The number of carbonyl (C=O) groups excluding carboxylic acids is 3. The van der Waals surface area contributed by atoms with Crippen LogP contribution in [-0.2, 0) is 24.0 Å². The molecule has 5 atom stereocenters. The van der Waals surface area contributed by atoms with Gasteiger partial charge in [-0.1, -0.05) is 40.5 Å². The van der Waals surface area contributed by atoms with Crippen molar-refractivity contribution in [1.29, 1.82) is 0 Å². The number of unbranched alkanes of at least 4 members (excludes halogenated alkanes) is 1. The number of esters is 1. The molecule has 1 aliphatic rings. The topological polar surface area (TPSA) is 138 Å². The number of likely N-dealkylation sites (tertiary alicyclic amines) is 1. The van der Waals surface area contributed by atoms with Crippen LogP contribution in [0.5, 0.6) is 0 Å². The van der Waals surface area contributed by atoms with E-state index in [9.17, 15) is 24.3 Å². The van der Waals surface area contributed by atoms with E-state index in [-0.39, 0.29) is 42.5 Å². The number of nitrogens with one attached hydrogen (secondary N) is 1. The summed E-state index contributed by atoms with van der Waals surface area (Å²) in [7, 11) is 1.92. The zero-order chi connectivity index (χ0) is 31.4. The maximum absolute atomic E-state index is 14.3. The summed E-state index contributed by atoms with van der Waals surface area (Å²) in [4.78, 5) is 63.5. The summed E-state index contributed by atoms with van der Waals surface area (Å²) in [5.41, 5.74) is -0.154. The third kappa shape index (κ3) is 10.1. The first-order valence-corrected chi connectivity index (χ1v) is 15.5. The number of hydrogen-bond acceptors (Lipinski definition) is 9. The molecule has 234 valence electrons. The molecule has 2 N–H and O–H groups in total. The second kappa shape index (κ2) is 17.2. The van der Waals surface area contributed by atoms with Gasteiger partial charge in [-0.05, 0) is 44.7 Å². The molecule has 1 aromatic rings. The number of thiazole rings is 1. The van der Waals surface area contributed by atoms with Crippen molar-refractivity contribution in [2.75, 3.05) is 20.2 Å². The average Bonchev–Trinajstić information content (AvgIpc) is 3.44. The van der Waals surface area contributed by atoms with Gasteiger partial charge in [-0.2, -0.15) is 0 Å². The third-order valence-corrected chi connectivity index (χ3v) is 8.55. The highest BCUT2D eigenvalue weighted by molar-refractivity contribution is 7.09. The van der Waals surface area contributed by atoms with E-state index in [4.69, 9.17) is 16.0 Å². The number of rotatable bonds is 16. The van der Waals surface area contributed by atoms with Crippen molar-refractivity contribution in [2.45, 2.75) is 104 Å². The van der Waals surface area contributed by atoms with Gasteiger partial charge in [0.2, 0.25) is 5.91 Å². The fourth-order valence-electron chi connectivity index (χ4n) is 4.93. The van der Waals surface area contributed by atoms with Gasteiger partial charge >= 0.3 is 11.9 Å². The lowest BCUT2D eigenvalue weighted by atomic mass is 9.93. The molecule has 2 heterocycles. The van der Waals surface area contributed by atoms with Crippen molar-refractivity contribution in [3.05, 3.63) is 16.1 Å². The summed E-state index contributed by atoms with van der Waals surface area (Å²) in [5, 5.41) is 15.4. The monoisotopic (exact) mass is 606 g/mol. The number of hydrogen-bond donors (Lipinski definition) is 2. The number of aromatic carboxylic acids is 1. The number of ether oxygens (including phenoxy) is 1. The molecule has 42 heavy (non-hydrogen) atoms. The van der Waals surface area contributed by atoms with Crippen LogP contribution in [0.2, 0.25) is 0 Å². The average molecular weight is 607 g/mol. The van der Waals surface area contributed by atoms with Gasteiger partial charge in [0.25, 0.3) is 5.91 Å². The predicted molar refractivity (Wildman–Crippen MR) is 159 cm³/mol. The van der Waals surface area contributed by atoms with Gasteiger partial charge < -0.3 is 15.2 Å². The molecule has 1 saturated heterocycles. The molecular formula is C30H46N4O7S. The fraction of sp³-hybridized carbons (Fsp3) is 0.700. The van der Waals surface area contributed by atoms with E-state index < -0.39 is 36.0 Å². The Labute approximate surface area is 253 Å². The van der Waals surface area contributed by atoms with E-state index >= 15 is 0 Å². The van der Waals surface area contributed by atoms with Crippen molar-refractivity contribution in [3.8, 4) is 12.3 Å². The number of piperidine rings is 1. The minimum absolute atomic E-state index is 0.108. The molecule has 0 saturated carbocycles. The van der Waals surface area contributed by atoms with Crippen molar-refractivity contribution in [1.82, 2.24) is 20.3 Å². The molecule has 0 radical (unpaired) electrons. The van der Waals surface area contributed by atoms with Crippen LogP contribution in [0.25, 0.3) is 0 Å². The highest BCUT2D eigenvalue weighted by atomic mass is 32.1. The first-order chi connectivity index (χ1) is 19.9. The Morgan fingerprint density at radius 2 is 2.00 bits per heavy atom. The fourth-order valence-corrected chi connectivity index (χ4v) is 5.76. The van der Waals surface area contributed by atoms with Crippen LogP contribution in [0.1, 0.15) is 101 Å². The Hall–Kier alpha value is -3.01. The minimum Gasteiger partial charge on any atom is -0.476 e. The Morgan fingerprint density at radius 3 is 2.55 bits per heavy atom. The van der Waals surface area contributed by atoms with Crippen LogP contribution < -0.4 is 5.32 Å². The molecule has 0 aliphatic carbocycles. The van der Waals surface area contributed by atoms with E-state index in [1.807, 2.05) is 39.6 Å². The quantitative estimate of drug-likeness (QED) is 0.124. The van der Waals surface area contributed by atoms with Gasteiger partial charge in [-0.3, -0.25) is 24.1 Å². The number of carboxylic acids is 1. The van der Waals surface area contributed by atoms with Crippen molar-refractivity contribution in [3.63, 3.8) is 0 Å². The number of amides is 2. The standard InChI is InChI=1S/C30H46N4O7S/c1-8-10-13-16-40-34(29(37)26(20(5)9-2)32-27(36)23-14-11-12-15-33(23)7)24(19(3)4)17-25(41-21(6)35)28-31-22(18-42-28)30(38)39/h1,18-20,23-26H,9-17H2,2-7H3,(H,32,36)(H,38,39)/t20-,23?,24+,25+,26-/m0/s1. The highest BCUT2D eigenvalue weighted by Crippen LogP contribution is 2.32. The third-order valence-electron chi connectivity index (χ3n) is 7.61. The van der Waals surface area contributed by atoms with Gasteiger partial charge in [0.05, 0.1) is 18.7 Å². The minimum atomic E-state index is -1.19. The normalized spacial score (nSPS) is 18.4. The number of nitrogens with zero attached hydrogens (tertiary/aromatic N) is 3. The molecule has 1 unspecified atom stereocenters. The van der Waals surface area contributed by atoms with E-state index in [0.29, 0.717) is 24.3 Å². The van der Waals surface area contributed by atoms with Crippen molar-refractivity contribution in [2.24, 2.45) is 11.8 Å². The van der Waals surface area contributed by atoms with Gasteiger partial charge in [-0.15, -0.1) is 23.7 Å². The number of carboxylic acid groups (broad SMARTS) is 1. The Kier molecular flexibility index (Phi) is 14.4. The lowest BCUT2D eigenvalue weighted by molar-refractivity contribution is -0.213. The molecule has 11 nitrogen and oxygen atoms in total. The van der Waals surface area contributed by atoms with E-state index in [1.165, 1.54) is 17.4 Å². The summed E-state index contributed by atoms with van der Waals surface area (Å²) >= 11 is 1.07. The van der Waals surface area contributed by atoms with Crippen LogP contribution in [0.3, 0.4) is 0 Å². The number of aromatic nitrogens is 1. The predicted octanol–water partition coefficient (Wildman–Crippen LogP) is 4.05. The van der Waals surface area contributed by atoms with Crippen LogP contribution in [-0.4, -0.2) is 82.1 Å². The van der Waals surface area contributed by atoms with Crippen molar-refractivity contribution < 1.29 is 33.9 Å². The number of hydroxylamine groups is 2. The first kappa shape index (κ1) is 35.2. The SMILES string of the molecule is C#CCCCON(C(=O)[C@@H](NC(=O)C1CCCCN1C)[C@@H](C)CC)[C@H](C[C@@H](OC(C)=O)c1nc(C(=O)O)cs1)C(C)C. The lowest BCUT2D eigenvalue weighted by Gasteiger charge is -2.39. The molecule has 1 aromatic heterocycles. The Morgan fingerprint density at radius 1 is 1.29 bits per heavy atom. The smallest absolute Gasteiger partial charge is 0.355 e. The maximum atomic E-state index is 14.3. The van der Waals surface area contributed by atoms with Crippen LogP contribution in [0.4, 0.5) is 0 Å². The van der Waals surface area contributed by atoms with E-state index in [1.54, 1.807) is 0 Å². The van der Waals surface area contributed by atoms with Gasteiger partial charge in [0.1, 0.15) is 11.0 Å². The molecule has 0 aromatic carbocycles. The second-order valence-corrected chi connectivity index (χ2v) is 12.1. The summed E-state index contributed by atoms with van der Waals surface area (Å²) in [6.07, 6.45) is 8.93. The number of terminal acetylenes is 1. The van der Waals surface area contributed by atoms with Crippen molar-refractivity contribution >= 4 is 35.1 Å². The molecule has 12 heteroatoms. The van der Waals surface area contributed by atoms with E-state index in [0.717, 1.165) is 37.1 Å².